The number of aryl methyl sites for hydroxylation is 1. The van der Waals surface area contributed by atoms with Crippen molar-refractivity contribution in [3.63, 3.8) is 0 Å². The van der Waals surface area contributed by atoms with Gasteiger partial charge in [0.15, 0.2) is 4.90 Å². The predicted molar refractivity (Wildman–Crippen MR) is 52.7 cm³/mol. The molecule has 0 aromatic heterocycles. The molecule has 66 valence electrons. The molecule has 0 amide bonds. The lowest BCUT2D eigenvalue weighted by molar-refractivity contribution is 0.593. The monoisotopic (exact) mass is 182 g/mol. The van der Waals surface area contributed by atoms with Gasteiger partial charge in [0, 0.05) is 5.56 Å². The van der Waals surface area contributed by atoms with E-state index < -0.39 is 11.2 Å². The summed E-state index contributed by atoms with van der Waals surface area (Å²) >= 11 is -0.795. The molecule has 2 heteroatoms. The van der Waals surface area contributed by atoms with Gasteiger partial charge < -0.3 is 4.55 Å². The molecule has 1 rings (SSSR count). The summed E-state index contributed by atoms with van der Waals surface area (Å²) in [5.74, 6) is 0.769. The fraction of sp³-hybridized carbons (Fsp3) is 0.400. The van der Waals surface area contributed by atoms with Crippen LogP contribution in [0.3, 0.4) is 0 Å². The second-order valence-corrected chi connectivity index (χ2v) is 4.35. The first-order chi connectivity index (χ1) is 5.75. The van der Waals surface area contributed by atoms with Crippen molar-refractivity contribution in [3.05, 3.63) is 29.8 Å². The Hall–Kier alpha value is -0.470. The van der Waals surface area contributed by atoms with E-state index in [-0.39, 0.29) is 0 Å². The van der Waals surface area contributed by atoms with Gasteiger partial charge in [0.05, 0.1) is 0 Å². The molecular weight excluding hydrogens is 168 g/mol. The highest BCUT2D eigenvalue weighted by atomic mass is 32.2. The quantitative estimate of drug-likeness (QED) is 0.659. The van der Waals surface area contributed by atoms with Crippen molar-refractivity contribution in [2.24, 2.45) is 0 Å². The van der Waals surface area contributed by atoms with Crippen molar-refractivity contribution >= 4 is 11.2 Å². The van der Waals surface area contributed by atoms with Gasteiger partial charge in [-0.1, -0.05) is 25.1 Å². The van der Waals surface area contributed by atoms with Crippen molar-refractivity contribution < 1.29 is 4.55 Å². The summed E-state index contributed by atoms with van der Waals surface area (Å²) < 4.78 is 11.6. The molecule has 0 heterocycles. The lowest BCUT2D eigenvalue weighted by Crippen LogP contribution is -2.07. The minimum Gasteiger partial charge on any atom is -0.611 e. The molecule has 1 aromatic carbocycles. The van der Waals surface area contributed by atoms with Crippen molar-refractivity contribution in [3.8, 4) is 0 Å². The van der Waals surface area contributed by atoms with Gasteiger partial charge in [-0.3, -0.25) is 0 Å². The third-order valence-corrected chi connectivity index (χ3v) is 3.46. The van der Waals surface area contributed by atoms with Crippen LogP contribution in [0.15, 0.2) is 29.2 Å². The maximum Gasteiger partial charge on any atom is 0.155 e. The summed E-state index contributed by atoms with van der Waals surface area (Å²) in [7, 11) is 0. The Morgan fingerprint density at radius 1 is 1.33 bits per heavy atom. The molecule has 12 heavy (non-hydrogen) atoms. The van der Waals surface area contributed by atoms with Gasteiger partial charge in [-0.05, 0) is 30.6 Å². The van der Waals surface area contributed by atoms with E-state index in [4.69, 9.17) is 0 Å². The molecule has 0 saturated carbocycles. The van der Waals surface area contributed by atoms with Gasteiger partial charge in [0.25, 0.3) is 0 Å². The van der Waals surface area contributed by atoms with E-state index in [1.54, 1.807) is 0 Å². The smallest absolute Gasteiger partial charge is 0.155 e. The van der Waals surface area contributed by atoms with Crippen LogP contribution in [0, 0.1) is 6.92 Å². The Kier molecular flexibility index (Phi) is 3.63. The number of benzene rings is 1. The Bertz CT molecular complexity index is 247. The highest BCUT2D eigenvalue weighted by Crippen LogP contribution is 2.16. The number of rotatable bonds is 3. The highest BCUT2D eigenvalue weighted by Gasteiger charge is 2.10. The fourth-order valence-corrected chi connectivity index (χ4v) is 2.36. The van der Waals surface area contributed by atoms with Crippen molar-refractivity contribution in [1.29, 1.82) is 0 Å². The summed E-state index contributed by atoms with van der Waals surface area (Å²) in [4.78, 5) is 0.986. The van der Waals surface area contributed by atoms with Gasteiger partial charge in [0.2, 0.25) is 0 Å². The number of hydrogen-bond acceptors (Lipinski definition) is 1. The average Bonchev–Trinajstić information content (AvgIpc) is 2.05. The highest BCUT2D eigenvalue weighted by molar-refractivity contribution is 7.91. The maximum atomic E-state index is 11.6. The van der Waals surface area contributed by atoms with E-state index in [1.807, 2.05) is 31.2 Å². The van der Waals surface area contributed by atoms with Crippen LogP contribution in [-0.2, 0) is 11.2 Å². The minimum absolute atomic E-state index is 0.769. The lowest BCUT2D eigenvalue weighted by Gasteiger charge is -2.10. The molecule has 0 aliphatic rings. The molecule has 0 saturated heterocycles. The average molecular weight is 182 g/mol. The SMILES string of the molecule is CCC[S+]([O-])c1ccccc1C. The molecule has 0 spiro atoms. The Labute approximate surface area is 77.0 Å². The summed E-state index contributed by atoms with van der Waals surface area (Å²) in [6.07, 6.45) is 0.973. The lowest BCUT2D eigenvalue weighted by atomic mass is 10.2. The second kappa shape index (κ2) is 4.53. The first-order valence-corrected chi connectivity index (χ1v) is 5.51. The molecule has 0 aliphatic carbocycles. The number of hydrogen-bond donors (Lipinski definition) is 0. The Morgan fingerprint density at radius 3 is 2.58 bits per heavy atom. The topological polar surface area (TPSA) is 23.1 Å². The van der Waals surface area contributed by atoms with E-state index in [1.165, 1.54) is 0 Å². The van der Waals surface area contributed by atoms with E-state index in [9.17, 15) is 4.55 Å². The molecule has 0 radical (unpaired) electrons. The molecule has 1 nitrogen and oxygen atoms in total. The molecule has 0 bridgehead atoms. The molecule has 1 unspecified atom stereocenters. The third-order valence-electron chi connectivity index (χ3n) is 1.73. The van der Waals surface area contributed by atoms with Crippen molar-refractivity contribution in [2.45, 2.75) is 25.2 Å². The molecule has 1 atom stereocenters. The largest absolute Gasteiger partial charge is 0.611 e. The zero-order valence-electron chi connectivity index (χ0n) is 7.54. The summed E-state index contributed by atoms with van der Waals surface area (Å²) in [6.45, 7) is 4.05. The standard InChI is InChI=1S/C10H14OS/c1-3-8-12(11)10-7-5-4-6-9(10)2/h4-7H,3,8H2,1-2H3. The van der Waals surface area contributed by atoms with Gasteiger partial charge in [-0.15, -0.1) is 0 Å². The Morgan fingerprint density at radius 2 is 2.00 bits per heavy atom. The maximum absolute atomic E-state index is 11.6. The summed E-state index contributed by atoms with van der Waals surface area (Å²) in [6, 6.07) is 7.86. The zero-order valence-corrected chi connectivity index (χ0v) is 8.36. The molecule has 0 aliphatic heterocycles. The van der Waals surface area contributed by atoms with Crippen LogP contribution in [0.4, 0.5) is 0 Å². The predicted octanol–water partition coefficient (Wildman–Crippen LogP) is 2.51. The normalized spacial score (nSPS) is 12.9. The van der Waals surface area contributed by atoms with Crippen LogP contribution in [0.25, 0.3) is 0 Å². The van der Waals surface area contributed by atoms with Gasteiger partial charge in [0.1, 0.15) is 5.75 Å². The minimum atomic E-state index is -0.795. The third kappa shape index (κ3) is 2.26. The van der Waals surface area contributed by atoms with Crippen LogP contribution >= 0.6 is 0 Å². The van der Waals surface area contributed by atoms with Crippen molar-refractivity contribution in [2.75, 3.05) is 5.75 Å². The van der Waals surface area contributed by atoms with E-state index in [0.29, 0.717) is 0 Å². The van der Waals surface area contributed by atoms with Crippen LogP contribution in [0.5, 0.6) is 0 Å². The molecule has 0 N–H and O–H groups in total. The van der Waals surface area contributed by atoms with Crippen molar-refractivity contribution in [1.82, 2.24) is 0 Å². The molecule has 0 fully saturated rings. The van der Waals surface area contributed by atoms with E-state index >= 15 is 0 Å². The van der Waals surface area contributed by atoms with Crippen LogP contribution < -0.4 is 0 Å². The van der Waals surface area contributed by atoms with Gasteiger partial charge >= 0.3 is 0 Å². The first kappa shape index (κ1) is 9.62. The molecule has 1 aromatic rings. The second-order valence-electron chi connectivity index (χ2n) is 2.82. The molecular formula is C10H14OS. The van der Waals surface area contributed by atoms with Crippen LogP contribution in [0.2, 0.25) is 0 Å². The summed E-state index contributed by atoms with van der Waals surface area (Å²) in [5.41, 5.74) is 1.13. The van der Waals surface area contributed by atoms with Crippen LogP contribution in [-0.4, -0.2) is 10.3 Å². The van der Waals surface area contributed by atoms with Gasteiger partial charge in [-0.25, -0.2) is 0 Å². The van der Waals surface area contributed by atoms with Gasteiger partial charge in [-0.2, -0.15) is 0 Å². The Balaban J connectivity index is 2.79. The van der Waals surface area contributed by atoms with E-state index in [0.717, 1.165) is 22.6 Å². The fourth-order valence-electron chi connectivity index (χ4n) is 1.11. The zero-order chi connectivity index (χ0) is 8.97. The first-order valence-electron chi connectivity index (χ1n) is 4.19. The van der Waals surface area contributed by atoms with Crippen LogP contribution in [0.1, 0.15) is 18.9 Å². The summed E-state index contributed by atoms with van der Waals surface area (Å²) in [5, 5.41) is 0. The van der Waals surface area contributed by atoms with E-state index in [2.05, 4.69) is 6.92 Å².